The molecule has 1 aromatic carbocycles. The van der Waals surface area contributed by atoms with E-state index in [1.807, 2.05) is 37.3 Å². The lowest BCUT2D eigenvalue weighted by molar-refractivity contribution is 0.101. The molecule has 0 unspecified atom stereocenters. The average molecular weight is 360 g/mol. The highest BCUT2D eigenvalue weighted by Gasteiger charge is 2.14. The SMILES string of the molecule is Cc1ccnc2nc(C(=O)Nc3ccc(OCc4ccccc4)nc3)nn12. The van der Waals surface area contributed by atoms with Gasteiger partial charge in [0.15, 0.2) is 0 Å². The van der Waals surface area contributed by atoms with Crippen LogP contribution in [0.1, 0.15) is 21.9 Å². The fourth-order valence-corrected chi connectivity index (χ4v) is 2.46. The van der Waals surface area contributed by atoms with Gasteiger partial charge in [-0.15, -0.1) is 5.10 Å². The number of rotatable bonds is 5. The van der Waals surface area contributed by atoms with Crippen molar-refractivity contribution < 1.29 is 9.53 Å². The zero-order valence-corrected chi connectivity index (χ0v) is 14.5. The van der Waals surface area contributed by atoms with E-state index in [1.165, 1.54) is 10.7 Å². The van der Waals surface area contributed by atoms with Gasteiger partial charge in [-0.1, -0.05) is 30.3 Å². The van der Waals surface area contributed by atoms with Crippen molar-refractivity contribution in [1.29, 1.82) is 0 Å². The standard InChI is InChI=1S/C19H16N6O2/c1-13-9-10-20-19-23-17(24-25(13)19)18(26)22-15-7-8-16(21-11-15)27-12-14-5-3-2-4-6-14/h2-11H,12H2,1H3,(H,22,26). The number of hydrogen-bond donors (Lipinski definition) is 1. The van der Waals surface area contributed by atoms with Gasteiger partial charge in [0.1, 0.15) is 6.61 Å². The molecule has 3 heterocycles. The zero-order chi connectivity index (χ0) is 18.6. The summed E-state index contributed by atoms with van der Waals surface area (Å²) in [7, 11) is 0. The first-order chi connectivity index (χ1) is 13.2. The van der Waals surface area contributed by atoms with Crippen LogP contribution in [0, 0.1) is 6.92 Å². The molecular weight excluding hydrogens is 344 g/mol. The summed E-state index contributed by atoms with van der Waals surface area (Å²) in [5, 5.41) is 6.89. The van der Waals surface area contributed by atoms with Gasteiger partial charge in [-0.3, -0.25) is 4.79 Å². The van der Waals surface area contributed by atoms with Crippen molar-refractivity contribution in [2.45, 2.75) is 13.5 Å². The number of aryl methyl sites for hydroxylation is 1. The zero-order valence-electron chi connectivity index (χ0n) is 14.5. The summed E-state index contributed by atoms with van der Waals surface area (Å²) in [6, 6.07) is 15.0. The van der Waals surface area contributed by atoms with Gasteiger partial charge < -0.3 is 10.1 Å². The highest BCUT2D eigenvalue weighted by molar-refractivity contribution is 6.01. The Kier molecular flexibility index (Phi) is 4.44. The van der Waals surface area contributed by atoms with E-state index in [9.17, 15) is 4.79 Å². The van der Waals surface area contributed by atoms with E-state index < -0.39 is 5.91 Å². The van der Waals surface area contributed by atoms with E-state index in [2.05, 4.69) is 25.4 Å². The first kappa shape index (κ1) is 16.6. The maximum atomic E-state index is 12.4. The molecule has 0 aliphatic heterocycles. The normalized spacial score (nSPS) is 10.7. The second kappa shape index (κ2) is 7.20. The van der Waals surface area contributed by atoms with Crippen molar-refractivity contribution in [3.8, 4) is 5.88 Å². The molecule has 0 aliphatic carbocycles. The number of hydrogen-bond acceptors (Lipinski definition) is 6. The van der Waals surface area contributed by atoms with E-state index in [4.69, 9.17) is 4.74 Å². The van der Waals surface area contributed by atoms with E-state index in [0.29, 0.717) is 24.0 Å². The molecule has 4 rings (SSSR count). The molecule has 0 spiro atoms. The lowest BCUT2D eigenvalue weighted by Crippen LogP contribution is -2.14. The monoisotopic (exact) mass is 360 g/mol. The molecule has 1 amide bonds. The van der Waals surface area contributed by atoms with Crippen LogP contribution >= 0.6 is 0 Å². The van der Waals surface area contributed by atoms with Crippen LogP contribution in [0.5, 0.6) is 5.88 Å². The maximum absolute atomic E-state index is 12.4. The molecular formula is C19H16N6O2. The van der Waals surface area contributed by atoms with Gasteiger partial charge in [-0.05, 0) is 24.6 Å². The average Bonchev–Trinajstić information content (AvgIpc) is 3.14. The fourth-order valence-electron chi connectivity index (χ4n) is 2.46. The Hall–Kier alpha value is -3.81. The Morgan fingerprint density at radius 2 is 1.96 bits per heavy atom. The third kappa shape index (κ3) is 3.74. The molecule has 1 N–H and O–H groups in total. The van der Waals surface area contributed by atoms with E-state index in [1.54, 1.807) is 24.4 Å². The summed E-state index contributed by atoms with van der Waals surface area (Å²) < 4.78 is 7.15. The van der Waals surface area contributed by atoms with Crippen molar-refractivity contribution in [3.63, 3.8) is 0 Å². The third-order valence-corrected chi connectivity index (χ3v) is 3.86. The van der Waals surface area contributed by atoms with Crippen LogP contribution in [0.2, 0.25) is 0 Å². The highest BCUT2D eigenvalue weighted by atomic mass is 16.5. The molecule has 0 saturated heterocycles. The van der Waals surface area contributed by atoms with Crippen molar-refractivity contribution in [2.24, 2.45) is 0 Å². The van der Waals surface area contributed by atoms with Gasteiger partial charge in [-0.2, -0.15) is 4.98 Å². The lowest BCUT2D eigenvalue weighted by Gasteiger charge is -2.06. The number of aromatic nitrogens is 5. The number of carbonyl (C=O) groups is 1. The second-order valence-electron chi connectivity index (χ2n) is 5.85. The predicted molar refractivity (Wildman–Crippen MR) is 98.5 cm³/mol. The summed E-state index contributed by atoms with van der Waals surface area (Å²) >= 11 is 0. The van der Waals surface area contributed by atoms with E-state index in [-0.39, 0.29) is 5.82 Å². The van der Waals surface area contributed by atoms with Crippen LogP contribution in [-0.2, 0) is 6.61 Å². The number of benzene rings is 1. The van der Waals surface area contributed by atoms with Crippen molar-refractivity contribution in [2.75, 3.05) is 5.32 Å². The van der Waals surface area contributed by atoms with Gasteiger partial charge in [0.25, 0.3) is 11.7 Å². The number of amides is 1. The summed E-state index contributed by atoms with van der Waals surface area (Å²) in [5.74, 6) is 0.464. The van der Waals surface area contributed by atoms with Crippen molar-refractivity contribution in [3.05, 3.63) is 78.0 Å². The Bertz CT molecular complexity index is 1080. The number of pyridine rings is 1. The van der Waals surface area contributed by atoms with Gasteiger partial charge >= 0.3 is 0 Å². The van der Waals surface area contributed by atoms with E-state index >= 15 is 0 Å². The molecule has 3 aromatic heterocycles. The minimum atomic E-state index is -0.431. The Morgan fingerprint density at radius 1 is 1.11 bits per heavy atom. The van der Waals surface area contributed by atoms with Gasteiger partial charge in [0.05, 0.1) is 11.9 Å². The van der Waals surface area contributed by atoms with Crippen LogP contribution < -0.4 is 10.1 Å². The predicted octanol–water partition coefficient (Wildman–Crippen LogP) is 2.66. The summed E-state index contributed by atoms with van der Waals surface area (Å²) in [4.78, 5) is 24.8. The summed E-state index contributed by atoms with van der Waals surface area (Å²) in [6.45, 7) is 2.29. The minimum Gasteiger partial charge on any atom is -0.473 e. The topological polar surface area (TPSA) is 94.3 Å². The molecule has 8 nitrogen and oxygen atoms in total. The van der Waals surface area contributed by atoms with Crippen LogP contribution in [-0.4, -0.2) is 30.5 Å². The molecule has 0 radical (unpaired) electrons. The van der Waals surface area contributed by atoms with Crippen LogP contribution in [0.15, 0.2) is 60.9 Å². The first-order valence-corrected chi connectivity index (χ1v) is 8.31. The maximum Gasteiger partial charge on any atom is 0.295 e. The molecule has 27 heavy (non-hydrogen) atoms. The molecule has 134 valence electrons. The van der Waals surface area contributed by atoms with E-state index in [0.717, 1.165) is 11.3 Å². The van der Waals surface area contributed by atoms with Crippen LogP contribution in [0.4, 0.5) is 5.69 Å². The quantitative estimate of drug-likeness (QED) is 0.588. The van der Waals surface area contributed by atoms with Crippen LogP contribution in [0.3, 0.4) is 0 Å². The van der Waals surface area contributed by atoms with Crippen molar-refractivity contribution in [1.82, 2.24) is 24.6 Å². The molecule has 0 atom stereocenters. The summed E-state index contributed by atoms with van der Waals surface area (Å²) in [5.41, 5.74) is 2.42. The number of fused-ring (bicyclic) bond motifs is 1. The minimum absolute atomic E-state index is 0.0428. The molecule has 0 bridgehead atoms. The molecule has 0 fully saturated rings. The number of nitrogens with zero attached hydrogens (tertiary/aromatic N) is 5. The lowest BCUT2D eigenvalue weighted by atomic mass is 10.2. The fraction of sp³-hybridized carbons (Fsp3) is 0.105. The molecule has 4 aromatic rings. The highest BCUT2D eigenvalue weighted by Crippen LogP contribution is 2.14. The molecule has 0 aliphatic rings. The number of carbonyl (C=O) groups excluding carboxylic acids is 1. The second-order valence-corrected chi connectivity index (χ2v) is 5.85. The van der Waals surface area contributed by atoms with Gasteiger partial charge in [0, 0.05) is 18.0 Å². The van der Waals surface area contributed by atoms with Gasteiger partial charge in [0.2, 0.25) is 11.7 Å². The summed E-state index contributed by atoms with van der Waals surface area (Å²) in [6.07, 6.45) is 3.15. The smallest absolute Gasteiger partial charge is 0.295 e. The van der Waals surface area contributed by atoms with Crippen LogP contribution in [0.25, 0.3) is 5.78 Å². The Labute approximate surface area is 154 Å². The van der Waals surface area contributed by atoms with Crippen molar-refractivity contribution >= 4 is 17.4 Å². The largest absolute Gasteiger partial charge is 0.473 e. The third-order valence-electron chi connectivity index (χ3n) is 3.86. The number of anilines is 1. The van der Waals surface area contributed by atoms with Gasteiger partial charge in [-0.25, -0.2) is 14.5 Å². The Morgan fingerprint density at radius 3 is 2.70 bits per heavy atom. The number of ether oxygens (including phenoxy) is 1. The molecule has 8 heteroatoms. The number of nitrogens with one attached hydrogen (secondary N) is 1. The Balaban J connectivity index is 1.41. The first-order valence-electron chi connectivity index (χ1n) is 8.31. The molecule has 0 saturated carbocycles.